The second-order valence-corrected chi connectivity index (χ2v) is 3.42. The normalized spacial score (nSPS) is 16.7. The maximum absolute atomic E-state index is 11.5. The maximum atomic E-state index is 11.5. The number of piperidine rings is 1. The number of likely N-dealkylation sites (tertiary alicyclic amines) is 1. The number of hydrogen-bond donors (Lipinski definition) is 1. The van der Waals surface area contributed by atoms with E-state index in [0.29, 0.717) is 0 Å². The number of primary amides is 1. The Labute approximate surface area is 88.9 Å². The van der Waals surface area contributed by atoms with Gasteiger partial charge < -0.3 is 15.4 Å². The van der Waals surface area contributed by atoms with Crippen molar-refractivity contribution < 1.29 is 14.3 Å². The summed E-state index contributed by atoms with van der Waals surface area (Å²) in [6.07, 6.45) is 5.42. The number of ether oxygens (including phenoxy) is 1. The molecular formula is C10H16N2O3. The zero-order valence-electron chi connectivity index (χ0n) is 8.65. The van der Waals surface area contributed by atoms with Crippen LogP contribution in [-0.4, -0.2) is 36.6 Å². The number of rotatable bonds is 3. The molecule has 0 atom stereocenters. The SMILES string of the molecule is NC(=O)OC/C=C/C(=O)N1CCCCC1. The van der Waals surface area contributed by atoms with Gasteiger partial charge in [0.1, 0.15) is 6.61 Å². The molecule has 84 valence electrons. The standard InChI is InChI=1S/C10H16N2O3/c11-10(14)15-8-4-5-9(13)12-6-2-1-3-7-12/h4-5H,1-3,6-8H2,(H2,11,14)/b5-4+. The van der Waals surface area contributed by atoms with Crippen LogP contribution < -0.4 is 5.73 Å². The molecule has 0 bridgehead atoms. The summed E-state index contributed by atoms with van der Waals surface area (Å²) >= 11 is 0. The van der Waals surface area contributed by atoms with Gasteiger partial charge in [0.05, 0.1) is 0 Å². The molecule has 0 aliphatic carbocycles. The lowest BCUT2D eigenvalue weighted by atomic mass is 10.1. The van der Waals surface area contributed by atoms with Gasteiger partial charge in [-0.2, -0.15) is 0 Å². The van der Waals surface area contributed by atoms with Crippen LogP contribution >= 0.6 is 0 Å². The van der Waals surface area contributed by atoms with Crippen molar-refractivity contribution in [3.8, 4) is 0 Å². The van der Waals surface area contributed by atoms with Crippen molar-refractivity contribution in [2.45, 2.75) is 19.3 Å². The van der Waals surface area contributed by atoms with Gasteiger partial charge >= 0.3 is 6.09 Å². The minimum absolute atomic E-state index is 0.0252. The maximum Gasteiger partial charge on any atom is 0.404 e. The van der Waals surface area contributed by atoms with Gasteiger partial charge in [-0.05, 0) is 25.3 Å². The molecule has 1 aliphatic rings. The van der Waals surface area contributed by atoms with E-state index in [1.54, 1.807) is 4.90 Å². The largest absolute Gasteiger partial charge is 0.445 e. The molecule has 0 unspecified atom stereocenters. The summed E-state index contributed by atoms with van der Waals surface area (Å²) in [5.41, 5.74) is 4.76. The summed E-state index contributed by atoms with van der Waals surface area (Å²) in [6, 6.07) is 0. The lowest BCUT2D eigenvalue weighted by Gasteiger charge is -2.25. The van der Waals surface area contributed by atoms with Crippen LogP contribution in [0.25, 0.3) is 0 Å². The monoisotopic (exact) mass is 212 g/mol. The van der Waals surface area contributed by atoms with E-state index in [4.69, 9.17) is 5.73 Å². The van der Waals surface area contributed by atoms with E-state index in [-0.39, 0.29) is 12.5 Å². The molecule has 2 amide bonds. The second-order valence-electron chi connectivity index (χ2n) is 3.42. The molecule has 0 saturated carbocycles. The molecule has 5 heteroatoms. The van der Waals surface area contributed by atoms with Gasteiger partial charge in [-0.3, -0.25) is 4.79 Å². The Morgan fingerprint density at radius 3 is 2.53 bits per heavy atom. The summed E-state index contributed by atoms with van der Waals surface area (Å²) in [5, 5.41) is 0. The zero-order valence-corrected chi connectivity index (χ0v) is 8.65. The van der Waals surface area contributed by atoms with Gasteiger partial charge in [-0.15, -0.1) is 0 Å². The van der Waals surface area contributed by atoms with Crippen molar-refractivity contribution in [3.63, 3.8) is 0 Å². The lowest BCUT2D eigenvalue weighted by Crippen LogP contribution is -2.34. The smallest absolute Gasteiger partial charge is 0.404 e. The fourth-order valence-electron chi connectivity index (χ4n) is 1.50. The van der Waals surface area contributed by atoms with Crippen molar-refractivity contribution in [3.05, 3.63) is 12.2 Å². The van der Waals surface area contributed by atoms with Crippen LogP contribution in [0.1, 0.15) is 19.3 Å². The predicted molar refractivity (Wildman–Crippen MR) is 55.1 cm³/mol. The lowest BCUT2D eigenvalue weighted by molar-refractivity contribution is -0.126. The van der Waals surface area contributed by atoms with Gasteiger partial charge in [0.2, 0.25) is 5.91 Å². The summed E-state index contributed by atoms with van der Waals surface area (Å²) in [6.45, 7) is 1.69. The number of amides is 2. The summed E-state index contributed by atoms with van der Waals surface area (Å²) in [7, 11) is 0. The molecule has 0 aromatic carbocycles. The average molecular weight is 212 g/mol. The highest BCUT2D eigenvalue weighted by Gasteiger charge is 2.13. The van der Waals surface area contributed by atoms with Gasteiger partial charge in [0, 0.05) is 19.2 Å². The second kappa shape index (κ2) is 6.06. The fraction of sp³-hybridized carbons (Fsp3) is 0.600. The van der Waals surface area contributed by atoms with E-state index in [9.17, 15) is 9.59 Å². The molecule has 0 radical (unpaired) electrons. The molecule has 1 fully saturated rings. The van der Waals surface area contributed by atoms with Crippen molar-refractivity contribution in [2.24, 2.45) is 5.73 Å². The molecule has 1 saturated heterocycles. The molecular weight excluding hydrogens is 196 g/mol. The van der Waals surface area contributed by atoms with E-state index in [0.717, 1.165) is 25.9 Å². The average Bonchev–Trinajstić information content (AvgIpc) is 2.25. The van der Waals surface area contributed by atoms with E-state index in [1.807, 2.05) is 0 Å². The number of carbonyl (C=O) groups excluding carboxylic acids is 2. The third-order valence-corrected chi connectivity index (χ3v) is 2.25. The van der Waals surface area contributed by atoms with Gasteiger partial charge in [0.25, 0.3) is 0 Å². The van der Waals surface area contributed by atoms with E-state index < -0.39 is 6.09 Å². The topological polar surface area (TPSA) is 72.6 Å². The first-order chi connectivity index (χ1) is 7.20. The Balaban J connectivity index is 2.24. The highest BCUT2D eigenvalue weighted by molar-refractivity contribution is 5.87. The quantitative estimate of drug-likeness (QED) is 0.698. The third-order valence-electron chi connectivity index (χ3n) is 2.25. The number of nitrogens with zero attached hydrogens (tertiary/aromatic N) is 1. The molecule has 1 rings (SSSR count). The minimum Gasteiger partial charge on any atom is -0.445 e. The van der Waals surface area contributed by atoms with Crippen LogP contribution in [0, 0.1) is 0 Å². The highest BCUT2D eigenvalue weighted by Crippen LogP contribution is 2.08. The number of hydrogen-bond acceptors (Lipinski definition) is 3. The first-order valence-electron chi connectivity index (χ1n) is 5.08. The predicted octanol–water partition coefficient (Wildman–Crippen LogP) is 0.650. The Hall–Kier alpha value is -1.52. The Bertz CT molecular complexity index is 257. The Morgan fingerprint density at radius 1 is 1.27 bits per heavy atom. The fourth-order valence-corrected chi connectivity index (χ4v) is 1.50. The molecule has 15 heavy (non-hydrogen) atoms. The molecule has 0 aromatic heterocycles. The van der Waals surface area contributed by atoms with Crippen molar-refractivity contribution in [1.29, 1.82) is 0 Å². The van der Waals surface area contributed by atoms with Crippen molar-refractivity contribution in [2.75, 3.05) is 19.7 Å². The molecule has 5 nitrogen and oxygen atoms in total. The minimum atomic E-state index is -0.829. The summed E-state index contributed by atoms with van der Waals surface area (Å²) < 4.78 is 4.46. The molecule has 0 spiro atoms. The Kier molecular flexibility index (Phi) is 4.66. The molecule has 0 aromatic rings. The molecule has 2 N–H and O–H groups in total. The number of carbonyl (C=O) groups is 2. The molecule has 1 heterocycles. The van der Waals surface area contributed by atoms with Gasteiger partial charge in [-0.1, -0.05) is 0 Å². The van der Waals surface area contributed by atoms with Crippen LogP contribution in [0.5, 0.6) is 0 Å². The van der Waals surface area contributed by atoms with Crippen LogP contribution in [0.4, 0.5) is 4.79 Å². The van der Waals surface area contributed by atoms with Gasteiger partial charge in [-0.25, -0.2) is 4.79 Å². The zero-order chi connectivity index (χ0) is 11.1. The van der Waals surface area contributed by atoms with Crippen molar-refractivity contribution >= 4 is 12.0 Å². The summed E-state index contributed by atoms with van der Waals surface area (Å²) in [4.78, 5) is 23.5. The van der Waals surface area contributed by atoms with E-state index >= 15 is 0 Å². The first kappa shape index (κ1) is 11.6. The third kappa shape index (κ3) is 4.49. The number of nitrogens with two attached hydrogens (primary N) is 1. The molecule has 1 aliphatic heterocycles. The van der Waals surface area contributed by atoms with E-state index in [1.165, 1.54) is 18.6 Å². The van der Waals surface area contributed by atoms with Crippen LogP contribution in [-0.2, 0) is 9.53 Å². The first-order valence-corrected chi connectivity index (χ1v) is 5.08. The van der Waals surface area contributed by atoms with Crippen LogP contribution in [0.2, 0.25) is 0 Å². The van der Waals surface area contributed by atoms with Crippen molar-refractivity contribution in [1.82, 2.24) is 4.90 Å². The highest BCUT2D eigenvalue weighted by atomic mass is 16.5. The summed E-state index contributed by atoms with van der Waals surface area (Å²) in [5.74, 6) is -0.0252. The van der Waals surface area contributed by atoms with Gasteiger partial charge in [0.15, 0.2) is 0 Å². The van der Waals surface area contributed by atoms with Crippen LogP contribution in [0.3, 0.4) is 0 Å². The van der Waals surface area contributed by atoms with E-state index in [2.05, 4.69) is 4.74 Å². The Morgan fingerprint density at radius 2 is 1.93 bits per heavy atom. The van der Waals surface area contributed by atoms with Crippen LogP contribution in [0.15, 0.2) is 12.2 Å².